The summed E-state index contributed by atoms with van der Waals surface area (Å²) < 4.78 is 7.47. The molecule has 0 aliphatic carbocycles. The molecule has 0 spiro atoms. The molecule has 2 aromatic heterocycles. The van der Waals surface area contributed by atoms with Crippen molar-refractivity contribution < 1.29 is 4.74 Å². The highest BCUT2D eigenvalue weighted by Crippen LogP contribution is 2.27. The second-order valence-electron chi connectivity index (χ2n) is 6.09. The van der Waals surface area contributed by atoms with E-state index in [0.29, 0.717) is 0 Å². The standard InChI is InChI=1S/C18H21N5OS/c1-22-7-6-19-17(22)13-25-18-14-4-2-3-5-15(14)20-16(21-18)12-23-8-10-24-11-9-23/h2-7H,8-13H2,1H3. The van der Waals surface area contributed by atoms with Crippen LogP contribution >= 0.6 is 11.8 Å². The van der Waals surface area contributed by atoms with Crippen LogP contribution < -0.4 is 0 Å². The van der Waals surface area contributed by atoms with Crippen LogP contribution in [0.5, 0.6) is 0 Å². The van der Waals surface area contributed by atoms with Crippen molar-refractivity contribution in [2.45, 2.75) is 17.3 Å². The maximum absolute atomic E-state index is 5.43. The summed E-state index contributed by atoms with van der Waals surface area (Å²) in [6.45, 7) is 4.21. The number of aromatic nitrogens is 4. The van der Waals surface area contributed by atoms with Crippen molar-refractivity contribution in [2.75, 3.05) is 26.3 Å². The summed E-state index contributed by atoms with van der Waals surface area (Å²) in [5, 5.41) is 2.13. The maximum atomic E-state index is 5.43. The van der Waals surface area contributed by atoms with Crippen molar-refractivity contribution in [1.29, 1.82) is 0 Å². The Morgan fingerprint density at radius 2 is 2.00 bits per heavy atom. The summed E-state index contributed by atoms with van der Waals surface area (Å²) in [6.07, 6.45) is 3.80. The summed E-state index contributed by atoms with van der Waals surface area (Å²) in [5.41, 5.74) is 1.00. The largest absolute Gasteiger partial charge is 0.379 e. The number of imidazole rings is 1. The molecule has 0 radical (unpaired) electrons. The van der Waals surface area contributed by atoms with Gasteiger partial charge in [-0.05, 0) is 6.07 Å². The van der Waals surface area contributed by atoms with E-state index in [1.54, 1.807) is 11.8 Å². The van der Waals surface area contributed by atoms with E-state index in [2.05, 4.69) is 22.0 Å². The van der Waals surface area contributed by atoms with Gasteiger partial charge >= 0.3 is 0 Å². The fraction of sp³-hybridized carbons (Fsp3) is 0.389. The molecule has 1 aliphatic heterocycles. The summed E-state index contributed by atoms with van der Waals surface area (Å²) in [5.74, 6) is 2.71. The molecule has 0 amide bonds. The van der Waals surface area contributed by atoms with Crippen molar-refractivity contribution >= 4 is 22.7 Å². The van der Waals surface area contributed by atoms with Gasteiger partial charge in [0, 0.05) is 37.9 Å². The Morgan fingerprint density at radius 3 is 2.80 bits per heavy atom. The van der Waals surface area contributed by atoms with Gasteiger partial charge in [0.2, 0.25) is 0 Å². The molecular weight excluding hydrogens is 334 g/mol. The average molecular weight is 355 g/mol. The lowest BCUT2D eigenvalue weighted by Crippen LogP contribution is -2.36. The van der Waals surface area contributed by atoms with E-state index < -0.39 is 0 Å². The number of aryl methyl sites for hydroxylation is 1. The topological polar surface area (TPSA) is 56.1 Å². The van der Waals surface area contributed by atoms with Crippen molar-refractivity contribution in [1.82, 2.24) is 24.4 Å². The van der Waals surface area contributed by atoms with Crippen LogP contribution in [0.4, 0.5) is 0 Å². The predicted octanol–water partition coefficient (Wildman–Crippen LogP) is 2.49. The fourth-order valence-electron chi connectivity index (χ4n) is 2.90. The van der Waals surface area contributed by atoms with Crippen LogP contribution in [0.15, 0.2) is 41.7 Å². The SMILES string of the molecule is Cn1ccnc1CSc1nc(CN2CCOCC2)nc2ccccc12. The third-order valence-electron chi connectivity index (χ3n) is 4.34. The zero-order valence-electron chi connectivity index (χ0n) is 14.3. The number of thioether (sulfide) groups is 1. The van der Waals surface area contributed by atoms with Crippen LogP contribution in [0.25, 0.3) is 10.9 Å². The van der Waals surface area contributed by atoms with E-state index in [9.17, 15) is 0 Å². The molecule has 0 bridgehead atoms. The van der Waals surface area contributed by atoms with E-state index in [-0.39, 0.29) is 0 Å². The van der Waals surface area contributed by atoms with Crippen molar-refractivity contribution in [3.63, 3.8) is 0 Å². The number of hydrogen-bond acceptors (Lipinski definition) is 6. The summed E-state index contributed by atoms with van der Waals surface area (Å²) in [7, 11) is 2.02. The van der Waals surface area contributed by atoms with Crippen LogP contribution in [0.1, 0.15) is 11.6 Å². The molecule has 0 saturated carbocycles. The van der Waals surface area contributed by atoms with Crippen LogP contribution in [-0.2, 0) is 24.1 Å². The zero-order chi connectivity index (χ0) is 17.1. The molecular formula is C18H21N5OS. The quantitative estimate of drug-likeness (QED) is 0.518. The number of para-hydroxylation sites is 1. The Kier molecular flexibility index (Phi) is 4.96. The van der Waals surface area contributed by atoms with Crippen molar-refractivity contribution in [3.05, 3.63) is 48.3 Å². The molecule has 0 atom stereocenters. The first-order chi connectivity index (χ1) is 12.3. The summed E-state index contributed by atoms with van der Waals surface area (Å²) in [4.78, 5) is 16.4. The monoisotopic (exact) mass is 355 g/mol. The third-order valence-corrected chi connectivity index (χ3v) is 5.33. The Hall–Kier alpha value is -1.96. The van der Waals surface area contributed by atoms with Gasteiger partial charge in [-0.3, -0.25) is 4.90 Å². The molecule has 6 nitrogen and oxygen atoms in total. The second kappa shape index (κ2) is 7.51. The van der Waals surface area contributed by atoms with Gasteiger partial charge in [-0.15, -0.1) is 0 Å². The highest BCUT2D eigenvalue weighted by molar-refractivity contribution is 7.98. The molecule has 0 unspecified atom stereocenters. The first kappa shape index (κ1) is 16.5. The molecule has 130 valence electrons. The number of morpholine rings is 1. The normalized spacial score (nSPS) is 15.7. The van der Waals surface area contributed by atoms with Gasteiger partial charge in [0.1, 0.15) is 16.7 Å². The molecule has 1 fully saturated rings. The summed E-state index contributed by atoms with van der Waals surface area (Å²) in [6, 6.07) is 8.22. The van der Waals surface area contributed by atoms with Crippen LogP contribution in [0.3, 0.4) is 0 Å². The highest BCUT2D eigenvalue weighted by Gasteiger charge is 2.15. The number of hydrogen-bond donors (Lipinski definition) is 0. The summed E-state index contributed by atoms with van der Waals surface area (Å²) >= 11 is 1.72. The fourth-order valence-corrected chi connectivity index (χ4v) is 3.94. The second-order valence-corrected chi connectivity index (χ2v) is 7.06. The van der Waals surface area contributed by atoms with Gasteiger partial charge in [0.15, 0.2) is 0 Å². The van der Waals surface area contributed by atoms with Crippen LogP contribution in [0.2, 0.25) is 0 Å². The Labute approximate surface area is 151 Å². The molecule has 3 aromatic rings. The molecule has 1 aliphatic rings. The number of nitrogens with zero attached hydrogens (tertiary/aromatic N) is 5. The molecule has 1 saturated heterocycles. The van der Waals surface area contributed by atoms with E-state index in [0.717, 1.165) is 66.2 Å². The lowest BCUT2D eigenvalue weighted by Gasteiger charge is -2.25. The van der Waals surface area contributed by atoms with Gasteiger partial charge in [-0.2, -0.15) is 0 Å². The number of fused-ring (bicyclic) bond motifs is 1. The van der Waals surface area contributed by atoms with Crippen molar-refractivity contribution in [2.24, 2.45) is 7.05 Å². The zero-order valence-corrected chi connectivity index (χ0v) is 15.1. The molecule has 0 N–H and O–H groups in total. The van der Waals surface area contributed by atoms with E-state index >= 15 is 0 Å². The molecule has 7 heteroatoms. The molecule has 3 heterocycles. The maximum Gasteiger partial charge on any atom is 0.144 e. The van der Waals surface area contributed by atoms with E-state index in [1.807, 2.05) is 36.1 Å². The number of ether oxygens (including phenoxy) is 1. The third kappa shape index (κ3) is 3.84. The Morgan fingerprint density at radius 1 is 1.16 bits per heavy atom. The number of benzene rings is 1. The number of rotatable bonds is 5. The van der Waals surface area contributed by atoms with Crippen LogP contribution in [-0.4, -0.2) is 50.7 Å². The van der Waals surface area contributed by atoms with Gasteiger partial charge in [0.05, 0.1) is 31.0 Å². The van der Waals surface area contributed by atoms with Gasteiger partial charge in [0.25, 0.3) is 0 Å². The minimum atomic E-state index is 0.768. The van der Waals surface area contributed by atoms with Crippen LogP contribution in [0, 0.1) is 0 Å². The Bertz CT molecular complexity index is 860. The molecule has 4 rings (SSSR count). The van der Waals surface area contributed by atoms with E-state index in [4.69, 9.17) is 14.7 Å². The average Bonchev–Trinajstić information content (AvgIpc) is 3.05. The van der Waals surface area contributed by atoms with E-state index in [1.165, 1.54) is 0 Å². The molecule has 25 heavy (non-hydrogen) atoms. The smallest absolute Gasteiger partial charge is 0.144 e. The first-order valence-electron chi connectivity index (χ1n) is 8.44. The predicted molar refractivity (Wildman–Crippen MR) is 98.4 cm³/mol. The lowest BCUT2D eigenvalue weighted by atomic mass is 10.2. The minimum Gasteiger partial charge on any atom is -0.379 e. The van der Waals surface area contributed by atoms with Crippen molar-refractivity contribution in [3.8, 4) is 0 Å². The minimum absolute atomic E-state index is 0.768. The van der Waals surface area contributed by atoms with Gasteiger partial charge in [-0.1, -0.05) is 30.0 Å². The lowest BCUT2D eigenvalue weighted by molar-refractivity contribution is 0.0330. The van der Waals surface area contributed by atoms with Gasteiger partial charge < -0.3 is 9.30 Å². The first-order valence-corrected chi connectivity index (χ1v) is 9.43. The Balaban J connectivity index is 1.60. The molecule has 1 aromatic carbocycles. The van der Waals surface area contributed by atoms with Gasteiger partial charge in [-0.25, -0.2) is 15.0 Å². The highest BCUT2D eigenvalue weighted by atomic mass is 32.2.